The molecule has 0 spiro atoms. The van der Waals surface area contributed by atoms with Crippen molar-refractivity contribution in [2.24, 2.45) is 0 Å². The Bertz CT molecular complexity index is 665. The summed E-state index contributed by atoms with van der Waals surface area (Å²) in [5, 5.41) is 4.13. The van der Waals surface area contributed by atoms with Gasteiger partial charge in [-0.3, -0.25) is 4.98 Å². The maximum absolute atomic E-state index is 4.39. The Labute approximate surface area is 132 Å². The standard InChI is InChI=1S/C15H13N3S.BrH/c1-11-4-6-12(7-5-11)14-10-17-15(19-14)18-13-3-2-8-16-9-13;/h2-10H,1H3,(H,17,18);1H. The van der Waals surface area contributed by atoms with Crippen LogP contribution in [0.25, 0.3) is 10.4 Å². The van der Waals surface area contributed by atoms with Gasteiger partial charge in [0, 0.05) is 12.4 Å². The Kier molecular flexibility index (Phi) is 4.87. The molecule has 0 amide bonds. The number of benzene rings is 1. The highest BCUT2D eigenvalue weighted by Gasteiger charge is 2.04. The summed E-state index contributed by atoms with van der Waals surface area (Å²) in [6, 6.07) is 12.3. The molecular formula is C15H14BrN3S. The van der Waals surface area contributed by atoms with Crippen LogP contribution < -0.4 is 5.32 Å². The summed E-state index contributed by atoms with van der Waals surface area (Å²) in [5.41, 5.74) is 3.41. The highest BCUT2D eigenvalue weighted by Crippen LogP contribution is 2.30. The van der Waals surface area contributed by atoms with Crippen molar-refractivity contribution in [3.63, 3.8) is 0 Å². The number of aromatic nitrogens is 2. The van der Waals surface area contributed by atoms with Crippen LogP contribution in [0.15, 0.2) is 55.0 Å². The molecule has 1 aromatic carbocycles. The first-order chi connectivity index (χ1) is 9.31. The summed E-state index contributed by atoms with van der Waals surface area (Å²) in [6.45, 7) is 2.09. The van der Waals surface area contributed by atoms with Gasteiger partial charge in [-0.1, -0.05) is 41.2 Å². The Balaban J connectivity index is 0.00000147. The molecule has 0 aliphatic heterocycles. The van der Waals surface area contributed by atoms with Gasteiger partial charge in [0.15, 0.2) is 5.13 Å². The third-order valence-corrected chi connectivity index (χ3v) is 3.72. The third-order valence-electron chi connectivity index (χ3n) is 2.75. The molecule has 0 fully saturated rings. The first-order valence-corrected chi connectivity index (χ1v) is 6.83. The molecule has 0 unspecified atom stereocenters. The van der Waals surface area contributed by atoms with Crippen molar-refractivity contribution >= 4 is 39.1 Å². The molecule has 102 valence electrons. The van der Waals surface area contributed by atoms with Crippen LogP contribution in [0.4, 0.5) is 10.8 Å². The fourth-order valence-corrected chi connectivity index (χ4v) is 2.59. The van der Waals surface area contributed by atoms with Crippen molar-refractivity contribution in [1.29, 1.82) is 0 Å². The number of pyridine rings is 1. The zero-order valence-corrected chi connectivity index (χ0v) is 13.4. The molecule has 20 heavy (non-hydrogen) atoms. The topological polar surface area (TPSA) is 37.8 Å². The van der Waals surface area contributed by atoms with E-state index in [1.807, 2.05) is 18.3 Å². The summed E-state index contributed by atoms with van der Waals surface area (Å²) >= 11 is 1.64. The van der Waals surface area contributed by atoms with E-state index in [2.05, 4.69) is 46.5 Å². The highest BCUT2D eigenvalue weighted by atomic mass is 79.9. The fourth-order valence-electron chi connectivity index (χ4n) is 1.74. The van der Waals surface area contributed by atoms with Gasteiger partial charge >= 0.3 is 0 Å². The van der Waals surface area contributed by atoms with Gasteiger partial charge in [-0.25, -0.2) is 4.98 Å². The molecule has 0 aliphatic carbocycles. The van der Waals surface area contributed by atoms with Crippen LogP contribution in [0.5, 0.6) is 0 Å². The maximum atomic E-state index is 4.39. The number of halogens is 1. The smallest absolute Gasteiger partial charge is 0.187 e. The van der Waals surface area contributed by atoms with Gasteiger partial charge in [-0.2, -0.15) is 0 Å². The maximum Gasteiger partial charge on any atom is 0.187 e. The van der Waals surface area contributed by atoms with E-state index in [4.69, 9.17) is 0 Å². The fraction of sp³-hybridized carbons (Fsp3) is 0.0667. The predicted molar refractivity (Wildman–Crippen MR) is 90.1 cm³/mol. The minimum Gasteiger partial charge on any atom is -0.330 e. The van der Waals surface area contributed by atoms with Crippen molar-refractivity contribution in [2.75, 3.05) is 5.32 Å². The van der Waals surface area contributed by atoms with Crippen molar-refractivity contribution in [2.45, 2.75) is 6.92 Å². The van der Waals surface area contributed by atoms with E-state index in [9.17, 15) is 0 Å². The second kappa shape index (κ2) is 6.63. The quantitative estimate of drug-likeness (QED) is 0.736. The SMILES string of the molecule is Br.Cc1ccc(-c2cnc(Nc3cccnc3)s2)cc1. The van der Waals surface area contributed by atoms with Crippen LogP contribution >= 0.6 is 28.3 Å². The van der Waals surface area contributed by atoms with Gasteiger partial charge in [0.05, 0.1) is 16.8 Å². The molecule has 0 radical (unpaired) electrons. The minimum absolute atomic E-state index is 0. The van der Waals surface area contributed by atoms with Crippen molar-refractivity contribution in [3.8, 4) is 10.4 Å². The number of hydrogen-bond donors (Lipinski definition) is 1. The van der Waals surface area contributed by atoms with Crippen molar-refractivity contribution in [1.82, 2.24) is 9.97 Å². The summed E-state index contributed by atoms with van der Waals surface area (Å²) < 4.78 is 0. The number of thiazole rings is 1. The average Bonchev–Trinajstić information content (AvgIpc) is 2.89. The number of aryl methyl sites for hydroxylation is 1. The van der Waals surface area contributed by atoms with Crippen LogP contribution in [0.3, 0.4) is 0 Å². The normalized spacial score (nSPS) is 9.85. The van der Waals surface area contributed by atoms with Gasteiger partial charge in [0.2, 0.25) is 0 Å². The molecule has 2 heterocycles. The lowest BCUT2D eigenvalue weighted by atomic mass is 10.1. The van der Waals surface area contributed by atoms with E-state index in [0.717, 1.165) is 15.7 Å². The number of nitrogens with one attached hydrogen (secondary N) is 1. The van der Waals surface area contributed by atoms with Gasteiger partial charge in [-0.15, -0.1) is 17.0 Å². The van der Waals surface area contributed by atoms with Gasteiger partial charge in [0.1, 0.15) is 0 Å². The van der Waals surface area contributed by atoms with Gasteiger partial charge in [0.25, 0.3) is 0 Å². The predicted octanol–water partition coefficient (Wildman–Crippen LogP) is 4.84. The Morgan fingerprint density at radius 3 is 2.55 bits per heavy atom. The number of rotatable bonds is 3. The van der Waals surface area contributed by atoms with Crippen LogP contribution in [0.2, 0.25) is 0 Å². The molecular weight excluding hydrogens is 334 g/mol. The molecule has 0 aliphatic rings. The van der Waals surface area contributed by atoms with Gasteiger partial charge in [-0.05, 0) is 24.6 Å². The van der Waals surface area contributed by atoms with Crippen molar-refractivity contribution < 1.29 is 0 Å². The molecule has 3 rings (SSSR count). The van der Waals surface area contributed by atoms with E-state index in [1.165, 1.54) is 11.1 Å². The van der Waals surface area contributed by atoms with E-state index < -0.39 is 0 Å². The zero-order valence-electron chi connectivity index (χ0n) is 10.9. The summed E-state index contributed by atoms with van der Waals surface area (Å²) in [4.78, 5) is 9.62. The van der Waals surface area contributed by atoms with E-state index in [0.29, 0.717) is 0 Å². The second-order valence-electron chi connectivity index (χ2n) is 4.26. The molecule has 2 aromatic heterocycles. The second-order valence-corrected chi connectivity index (χ2v) is 5.29. The molecule has 3 nitrogen and oxygen atoms in total. The highest BCUT2D eigenvalue weighted by molar-refractivity contribution is 8.93. The molecule has 5 heteroatoms. The molecule has 0 bridgehead atoms. The van der Waals surface area contributed by atoms with Crippen LogP contribution in [0, 0.1) is 6.92 Å². The lowest BCUT2D eigenvalue weighted by molar-refractivity contribution is 1.31. The number of nitrogens with zero attached hydrogens (tertiary/aromatic N) is 2. The van der Waals surface area contributed by atoms with Crippen molar-refractivity contribution in [3.05, 3.63) is 60.6 Å². The molecule has 1 N–H and O–H groups in total. The Hall–Kier alpha value is -1.72. The summed E-state index contributed by atoms with van der Waals surface area (Å²) in [6.07, 6.45) is 5.44. The lowest BCUT2D eigenvalue weighted by Gasteiger charge is -2.00. The van der Waals surface area contributed by atoms with E-state index in [1.54, 1.807) is 23.7 Å². The molecule has 3 aromatic rings. The average molecular weight is 348 g/mol. The lowest BCUT2D eigenvalue weighted by Crippen LogP contribution is -1.88. The largest absolute Gasteiger partial charge is 0.330 e. The van der Waals surface area contributed by atoms with Crippen LogP contribution in [-0.4, -0.2) is 9.97 Å². The van der Waals surface area contributed by atoms with E-state index in [-0.39, 0.29) is 17.0 Å². The van der Waals surface area contributed by atoms with Gasteiger partial charge < -0.3 is 5.32 Å². The van der Waals surface area contributed by atoms with Crippen LogP contribution in [-0.2, 0) is 0 Å². The minimum atomic E-state index is 0. The third kappa shape index (κ3) is 3.43. The Morgan fingerprint density at radius 2 is 1.85 bits per heavy atom. The summed E-state index contributed by atoms with van der Waals surface area (Å²) in [7, 11) is 0. The number of hydrogen-bond acceptors (Lipinski definition) is 4. The summed E-state index contributed by atoms with van der Waals surface area (Å²) in [5.74, 6) is 0. The molecule has 0 saturated heterocycles. The van der Waals surface area contributed by atoms with Crippen LogP contribution in [0.1, 0.15) is 5.56 Å². The zero-order chi connectivity index (χ0) is 13.1. The Morgan fingerprint density at radius 1 is 1.05 bits per heavy atom. The number of anilines is 2. The molecule has 0 atom stereocenters. The first kappa shape index (κ1) is 14.7. The first-order valence-electron chi connectivity index (χ1n) is 6.01. The molecule has 0 saturated carbocycles. The van der Waals surface area contributed by atoms with E-state index >= 15 is 0 Å². The monoisotopic (exact) mass is 347 g/mol.